The van der Waals surface area contributed by atoms with E-state index in [-0.39, 0.29) is 42.0 Å². The van der Waals surface area contributed by atoms with Crippen LogP contribution in [0.5, 0.6) is 5.75 Å². The van der Waals surface area contributed by atoms with Crippen molar-refractivity contribution < 1.29 is 23.0 Å². The highest BCUT2D eigenvalue weighted by Crippen LogP contribution is 2.48. The molecule has 254 valence electrons. The zero-order valence-electron chi connectivity index (χ0n) is 28.3. The number of methoxy groups -OCH3 is 1. The molecule has 0 spiro atoms. The van der Waals surface area contributed by atoms with Gasteiger partial charge in [-0.15, -0.1) is 11.3 Å². The van der Waals surface area contributed by atoms with E-state index >= 15 is 4.39 Å². The Bertz CT molecular complexity index is 2100. The standard InChI is InChI=1S/C38H39F2N5O3S/c1-7-32(46)44-13-14-45-30(22(44)2)21-29(42-45)36-34(33-28(40)19-25(39)20-31(33)48-16-15-47-6)37-26(11-17-49-37)35(41-36)24-8-9-27-23(18-24)10-12-43(5)38(27,3)4/h7-9,11,17-22H,1,10,12-16H2,2-6H3. The molecule has 0 saturated heterocycles. The summed E-state index contributed by atoms with van der Waals surface area (Å²) in [5.74, 6) is -1.61. The second kappa shape index (κ2) is 12.8. The molecule has 5 aromatic rings. The van der Waals surface area contributed by atoms with E-state index in [0.29, 0.717) is 30.0 Å². The fourth-order valence-corrected chi connectivity index (χ4v) is 8.11. The lowest BCUT2D eigenvalue weighted by molar-refractivity contribution is -0.129. The highest BCUT2D eigenvalue weighted by Gasteiger charge is 2.34. The number of fused-ring (bicyclic) bond motifs is 3. The Morgan fingerprint density at radius 2 is 1.90 bits per heavy atom. The third kappa shape index (κ3) is 5.63. The third-order valence-electron chi connectivity index (χ3n) is 10.1. The lowest BCUT2D eigenvalue weighted by Gasteiger charge is -2.41. The molecule has 2 aromatic carbocycles. The van der Waals surface area contributed by atoms with Crippen LogP contribution in [-0.4, -0.2) is 70.9 Å². The first kappa shape index (κ1) is 33.1. The number of benzene rings is 2. The number of likely N-dealkylation sites (N-methyl/N-ethyl adjacent to an activating group) is 1. The van der Waals surface area contributed by atoms with Gasteiger partial charge in [-0.3, -0.25) is 14.4 Å². The van der Waals surface area contributed by atoms with Crippen LogP contribution in [0, 0.1) is 11.6 Å². The van der Waals surface area contributed by atoms with Crippen LogP contribution in [0.25, 0.3) is 43.9 Å². The molecule has 0 radical (unpaired) electrons. The van der Waals surface area contributed by atoms with Crippen LogP contribution in [-0.2, 0) is 28.0 Å². The summed E-state index contributed by atoms with van der Waals surface area (Å²) in [5, 5.41) is 7.80. The summed E-state index contributed by atoms with van der Waals surface area (Å²) in [6, 6.07) is 12.2. The molecule has 11 heteroatoms. The number of halogens is 2. The van der Waals surface area contributed by atoms with E-state index in [1.807, 2.05) is 29.1 Å². The second-order valence-corrected chi connectivity index (χ2v) is 14.1. The number of carbonyl (C=O) groups excluding carboxylic acids is 1. The first-order valence-corrected chi connectivity index (χ1v) is 17.3. The van der Waals surface area contributed by atoms with Crippen LogP contribution < -0.4 is 4.74 Å². The number of hydrogen-bond donors (Lipinski definition) is 0. The lowest BCUT2D eigenvalue weighted by atomic mass is 9.82. The fourth-order valence-electron chi connectivity index (χ4n) is 7.16. The van der Waals surface area contributed by atoms with E-state index in [0.717, 1.165) is 46.1 Å². The first-order chi connectivity index (χ1) is 23.5. The molecule has 0 aliphatic carbocycles. The summed E-state index contributed by atoms with van der Waals surface area (Å²) >= 11 is 1.46. The molecule has 1 amide bonds. The van der Waals surface area contributed by atoms with E-state index in [1.165, 1.54) is 41.7 Å². The molecule has 49 heavy (non-hydrogen) atoms. The largest absolute Gasteiger partial charge is 0.490 e. The highest BCUT2D eigenvalue weighted by molar-refractivity contribution is 7.18. The summed E-state index contributed by atoms with van der Waals surface area (Å²) in [4.78, 5) is 22.1. The number of thiophene rings is 1. The third-order valence-corrected chi connectivity index (χ3v) is 11.0. The Morgan fingerprint density at radius 1 is 1.08 bits per heavy atom. The molecule has 0 saturated carbocycles. The van der Waals surface area contributed by atoms with E-state index < -0.39 is 11.6 Å². The molecule has 0 N–H and O–H groups in total. The Hall–Kier alpha value is -4.45. The summed E-state index contributed by atoms with van der Waals surface area (Å²) < 4.78 is 44.7. The topological polar surface area (TPSA) is 72.7 Å². The molecule has 5 heterocycles. The monoisotopic (exact) mass is 683 g/mol. The number of ether oxygens (including phenoxy) is 2. The Labute approximate surface area is 288 Å². The number of aromatic nitrogens is 3. The van der Waals surface area contributed by atoms with Gasteiger partial charge in [-0.1, -0.05) is 18.7 Å². The highest BCUT2D eigenvalue weighted by atomic mass is 32.1. The summed E-state index contributed by atoms with van der Waals surface area (Å²) in [7, 11) is 3.69. The molecule has 1 unspecified atom stereocenters. The van der Waals surface area contributed by atoms with Crippen molar-refractivity contribution in [1.29, 1.82) is 0 Å². The smallest absolute Gasteiger partial charge is 0.246 e. The predicted molar refractivity (Wildman–Crippen MR) is 189 cm³/mol. The van der Waals surface area contributed by atoms with Crippen molar-refractivity contribution in [3.63, 3.8) is 0 Å². The van der Waals surface area contributed by atoms with Crippen LogP contribution in [0.3, 0.4) is 0 Å². The SMILES string of the molecule is C=CC(=O)N1CCn2nc(-c3nc(-c4ccc5c(c4)CCN(C)C5(C)C)c4ccsc4c3-c3c(F)cc(F)cc3OCCOC)cc2C1C. The Balaban J connectivity index is 1.48. The van der Waals surface area contributed by atoms with Gasteiger partial charge in [0.2, 0.25) is 5.91 Å². The number of hydrogen-bond acceptors (Lipinski definition) is 7. The van der Waals surface area contributed by atoms with Crippen LogP contribution in [0.15, 0.2) is 60.5 Å². The van der Waals surface area contributed by atoms with Gasteiger partial charge in [0, 0.05) is 59.1 Å². The Morgan fingerprint density at radius 3 is 2.67 bits per heavy atom. The van der Waals surface area contributed by atoms with Gasteiger partial charge in [-0.05, 0) is 75.0 Å². The van der Waals surface area contributed by atoms with Gasteiger partial charge in [0.15, 0.2) is 0 Å². The summed E-state index contributed by atoms with van der Waals surface area (Å²) in [6.45, 7) is 12.3. The second-order valence-electron chi connectivity index (χ2n) is 13.1. The summed E-state index contributed by atoms with van der Waals surface area (Å²) in [6.07, 6.45) is 2.23. The minimum atomic E-state index is -0.766. The van der Waals surface area contributed by atoms with Crippen LogP contribution in [0.4, 0.5) is 8.78 Å². The Kier molecular flexibility index (Phi) is 8.62. The normalized spacial score (nSPS) is 17.2. The van der Waals surface area contributed by atoms with Crippen molar-refractivity contribution in [2.75, 3.05) is 40.5 Å². The van der Waals surface area contributed by atoms with Crippen molar-refractivity contribution in [2.24, 2.45) is 0 Å². The van der Waals surface area contributed by atoms with Crippen molar-refractivity contribution >= 4 is 27.3 Å². The van der Waals surface area contributed by atoms with E-state index in [2.05, 4.69) is 50.6 Å². The van der Waals surface area contributed by atoms with Gasteiger partial charge in [0.1, 0.15) is 35.4 Å². The fraction of sp³-hybridized carbons (Fsp3) is 0.342. The molecule has 7 rings (SSSR count). The molecule has 0 bridgehead atoms. The van der Waals surface area contributed by atoms with Gasteiger partial charge in [-0.2, -0.15) is 5.10 Å². The first-order valence-electron chi connectivity index (χ1n) is 16.4. The minimum absolute atomic E-state index is 0.0558. The maximum Gasteiger partial charge on any atom is 0.246 e. The van der Waals surface area contributed by atoms with Gasteiger partial charge < -0.3 is 14.4 Å². The number of carbonyl (C=O) groups is 1. The minimum Gasteiger partial charge on any atom is -0.490 e. The molecule has 1 atom stereocenters. The zero-order valence-corrected chi connectivity index (χ0v) is 29.2. The predicted octanol–water partition coefficient (Wildman–Crippen LogP) is 7.61. The van der Waals surface area contributed by atoms with Gasteiger partial charge in [0.05, 0.1) is 36.1 Å². The van der Waals surface area contributed by atoms with Gasteiger partial charge in [-0.25, -0.2) is 13.8 Å². The maximum atomic E-state index is 16.2. The lowest BCUT2D eigenvalue weighted by Crippen LogP contribution is -2.43. The molecule has 3 aromatic heterocycles. The van der Waals surface area contributed by atoms with Crippen LogP contribution >= 0.6 is 11.3 Å². The van der Waals surface area contributed by atoms with Gasteiger partial charge in [0.25, 0.3) is 0 Å². The van der Waals surface area contributed by atoms with E-state index in [1.54, 1.807) is 4.90 Å². The molecule has 8 nitrogen and oxygen atoms in total. The van der Waals surface area contributed by atoms with Crippen molar-refractivity contribution in [3.8, 4) is 39.5 Å². The molecule has 0 fully saturated rings. The van der Waals surface area contributed by atoms with Gasteiger partial charge >= 0.3 is 0 Å². The average Bonchev–Trinajstić information content (AvgIpc) is 3.75. The molecular weight excluding hydrogens is 645 g/mol. The maximum absolute atomic E-state index is 16.2. The molecule has 2 aliphatic rings. The number of amides is 1. The quantitative estimate of drug-likeness (QED) is 0.124. The summed E-state index contributed by atoms with van der Waals surface area (Å²) in [5.41, 5.74) is 6.52. The number of nitrogens with zero attached hydrogens (tertiary/aromatic N) is 5. The van der Waals surface area contributed by atoms with Crippen molar-refractivity contribution in [2.45, 2.75) is 45.3 Å². The van der Waals surface area contributed by atoms with Crippen LogP contribution in [0.1, 0.15) is 43.6 Å². The number of rotatable bonds is 8. The zero-order chi connectivity index (χ0) is 34.6. The molecule has 2 aliphatic heterocycles. The van der Waals surface area contributed by atoms with E-state index in [4.69, 9.17) is 19.6 Å². The van der Waals surface area contributed by atoms with Crippen molar-refractivity contribution in [3.05, 3.63) is 89.0 Å². The number of pyridine rings is 1. The van der Waals surface area contributed by atoms with E-state index in [9.17, 15) is 9.18 Å². The van der Waals surface area contributed by atoms with Crippen LogP contribution in [0.2, 0.25) is 0 Å². The van der Waals surface area contributed by atoms with Crippen molar-refractivity contribution in [1.82, 2.24) is 24.6 Å². The molecular formula is C38H39F2N5O3S. The average molecular weight is 684 g/mol.